The molecule has 8 nitrogen and oxygen atoms in total. The van der Waals surface area contributed by atoms with Gasteiger partial charge in [-0.25, -0.2) is 9.97 Å². The summed E-state index contributed by atoms with van der Waals surface area (Å²) in [7, 11) is 2.01. The largest absolute Gasteiger partial charge is 0.394 e. The van der Waals surface area contributed by atoms with E-state index in [1.807, 2.05) is 18.9 Å². The van der Waals surface area contributed by atoms with Crippen molar-refractivity contribution in [1.29, 1.82) is 0 Å². The molecule has 4 heterocycles. The van der Waals surface area contributed by atoms with Crippen LogP contribution in [0.25, 0.3) is 0 Å². The van der Waals surface area contributed by atoms with E-state index in [0.29, 0.717) is 18.2 Å². The Bertz CT molecular complexity index is 1070. The number of piperidine rings is 1. The SMILES string of the molecule is Cc1nc(N(C)c2ccc(CN3CCCCC3)cc2)nc(N2CCc3[nH]cnc3C2)c1N. The predicted octanol–water partition coefficient (Wildman–Crippen LogP) is 3.41. The summed E-state index contributed by atoms with van der Waals surface area (Å²) < 4.78 is 0. The lowest BCUT2D eigenvalue weighted by atomic mass is 10.1. The Morgan fingerprint density at radius 3 is 2.62 bits per heavy atom. The minimum absolute atomic E-state index is 0.637. The molecule has 1 fully saturated rings. The zero-order valence-electron chi connectivity index (χ0n) is 19.0. The molecule has 0 unspecified atom stereocenters. The summed E-state index contributed by atoms with van der Waals surface area (Å²) in [6, 6.07) is 8.75. The molecule has 1 saturated heterocycles. The maximum atomic E-state index is 6.41. The van der Waals surface area contributed by atoms with Crippen LogP contribution in [0.5, 0.6) is 0 Å². The number of nitrogens with one attached hydrogen (secondary N) is 1. The standard InChI is InChI=1S/C24H32N8/c1-17-22(25)23(32-13-10-20-21(15-32)27-16-26-20)29-24(28-17)30(2)19-8-6-18(7-9-19)14-31-11-4-3-5-12-31/h6-9,16H,3-5,10-15,25H2,1-2H3,(H,26,27). The maximum Gasteiger partial charge on any atom is 0.231 e. The molecule has 2 aromatic heterocycles. The Morgan fingerprint density at radius 1 is 1.06 bits per heavy atom. The number of H-pyrrole nitrogens is 1. The second-order valence-electron chi connectivity index (χ2n) is 8.91. The minimum Gasteiger partial charge on any atom is -0.394 e. The molecule has 0 radical (unpaired) electrons. The van der Waals surface area contributed by atoms with Gasteiger partial charge >= 0.3 is 0 Å². The van der Waals surface area contributed by atoms with Crippen molar-refractivity contribution in [2.24, 2.45) is 0 Å². The van der Waals surface area contributed by atoms with Crippen molar-refractivity contribution in [2.45, 2.75) is 45.7 Å². The van der Waals surface area contributed by atoms with Crippen LogP contribution in [0.3, 0.4) is 0 Å². The minimum atomic E-state index is 0.637. The van der Waals surface area contributed by atoms with Gasteiger partial charge in [-0.1, -0.05) is 18.6 Å². The van der Waals surface area contributed by atoms with E-state index in [0.717, 1.165) is 42.4 Å². The van der Waals surface area contributed by atoms with Crippen molar-refractivity contribution in [2.75, 3.05) is 42.2 Å². The lowest BCUT2D eigenvalue weighted by Gasteiger charge is -2.29. The van der Waals surface area contributed by atoms with E-state index >= 15 is 0 Å². The fraction of sp³-hybridized carbons (Fsp3) is 0.458. The number of fused-ring (bicyclic) bond motifs is 1. The summed E-state index contributed by atoms with van der Waals surface area (Å²) in [4.78, 5) is 24.0. The maximum absolute atomic E-state index is 6.41. The zero-order valence-corrected chi connectivity index (χ0v) is 19.0. The highest BCUT2D eigenvalue weighted by molar-refractivity contribution is 5.69. The van der Waals surface area contributed by atoms with Crippen LogP contribution < -0.4 is 15.5 Å². The first-order valence-electron chi connectivity index (χ1n) is 11.5. The molecule has 0 spiro atoms. The van der Waals surface area contributed by atoms with Gasteiger partial charge in [-0.2, -0.15) is 4.98 Å². The fourth-order valence-electron chi connectivity index (χ4n) is 4.65. The highest BCUT2D eigenvalue weighted by Gasteiger charge is 2.23. The summed E-state index contributed by atoms with van der Waals surface area (Å²) in [6.45, 7) is 6.94. The Hall–Kier alpha value is -3.13. The van der Waals surface area contributed by atoms with Gasteiger partial charge in [0.05, 0.1) is 29.9 Å². The third-order valence-electron chi connectivity index (χ3n) is 6.66. The Morgan fingerprint density at radius 2 is 1.84 bits per heavy atom. The van der Waals surface area contributed by atoms with Crippen molar-refractivity contribution in [3.63, 3.8) is 0 Å². The number of nitrogens with zero attached hydrogens (tertiary/aromatic N) is 6. The fourth-order valence-corrected chi connectivity index (χ4v) is 4.65. The van der Waals surface area contributed by atoms with Crippen molar-refractivity contribution in [3.8, 4) is 0 Å². The molecule has 1 aromatic carbocycles. The van der Waals surface area contributed by atoms with Crippen LogP contribution in [-0.2, 0) is 19.5 Å². The third-order valence-corrected chi connectivity index (χ3v) is 6.66. The van der Waals surface area contributed by atoms with E-state index in [1.165, 1.54) is 43.6 Å². The van der Waals surface area contributed by atoms with Gasteiger partial charge < -0.3 is 20.5 Å². The van der Waals surface area contributed by atoms with Crippen molar-refractivity contribution in [1.82, 2.24) is 24.8 Å². The van der Waals surface area contributed by atoms with E-state index in [-0.39, 0.29) is 0 Å². The first kappa shape index (κ1) is 20.8. The van der Waals surface area contributed by atoms with E-state index in [2.05, 4.69) is 49.0 Å². The number of hydrogen-bond donors (Lipinski definition) is 2. The van der Waals surface area contributed by atoms with Crippen molar-refractivity contribution < 1.29 is 0 Å². The van der Waals surface area contributed by atoms with Crippen LogP contribution in [0.2, 0.25) is 0 Å². The van der Waals surface area contributed by atoms with Crippen LogP contribution in [0, 0.1) is 6.92 Å². The molecular formula is C24H32N8. The molecule has 0 aliphatic carbocycles. The molecule has 3 aromatic rings. The van der Waals surface area contributed by atoms with Gasteiger partial charge in [0.1, 0.15) is 0 Å². The average molecular weight is 433 g/mol. The van der Waals surface area contributed by atoms with E-state index in [9.17, 15) is 0 Å². The molecule has 2 aliphatic rings. The van der Waals surface area contributed by atoms with Gasteiger partial charge in [0.25, 0.3) is 0 Å². The summed E-state index contributed by atoms with van der Waals surface area (Å²) in [6.07, 6.45) is 6.66. The number of aromatic amines is 1. The van der Waals surface area contributed by atoms with Gasteiger partial charge in [0.2, 0.25) is 5.95 Å². The second-order valence-corrected chi connectivity index (χ2v) is 8.91. The molecule has 0 saturated carbocycles. The lowest BCUT2D eigenvalue weighted by molar-refractivity contribution is 0.221. The third kappa shape index (κ3) is 4.14. The number of rotatable bonds is 5. The van der Waals surface area contributed by atoms with Gasteiger partial charge in [-0.3, -0.25) is 4.90 Å². The smallest absolute Gasteiger partial charge is 0.231 e. The first-order valence-corrected chi connectivity index (χ1v) is 11.5. The van der Waals surface area contributed by atoms with Crippen LogP contribution >= 0.6 is 0 Å². The molecule has 5 rings (SSSR count). The Labute approximate surface area is 189 Å². The number of hydrogen-bond acceptors (Lipinski definition) is 7. The average Bonchev–Trinajstić information content (AvgIpc) is 3.29. The van der Waals surface area contributed by atoms with Crippen LogP contribution in [0.4, 0.5) is 23.1 Å². The number of anilines is 4. The highest BCUT2D eigenvalue weighted by Crippen LogP contribution is 2.31. The zero-order chi connectivity index (χ0) is 22.1. The van der Waals surface area contributed by atoms with Gasteiger partial charge in [0.15, 0.2) is 5.82 Å². The lowest BCUT2D eigenvalue weighted by Crippen LogP contribution is -2.32. The summed E-state index contributed by atoms with van der Waals surface area (Å²) in [5.41, 5.74) is 12.5. The van der Waals surface area contributed by atoms with Gasteiger partial charge in [-0.05, 0) is 50.6 Å². The Balaban J connectivity index is 1.35. The van der Waals surface area contributed by atoms with Gasteiger partial charge in [0, 0.05) is 37.9 Å². The molecule has 32 heavy (non-hydrogen) atoms. The second kappa shape index (κ2) is 8.78. The first-order chi connectivity index (χ1) is 15.6. The molecule has 0 atom stereocenters. The van der Waals surface area contributed by atoms with Crippen LogP contribution in [-0.4, -0.2) is 51.5 Å². The summed E-state index contributed by atoms with van der Waals surface area (Å²) in [5.74, 6) is 1.44. The van der Waals surface area contributed by atoms with Crippen molar-refractivity contribution in [3.05, 3.63) is 53.2 Å². The Kier molecular flexibility index (Phi) is 5.70. The normalized spacial score (nSPS) is 16.8. The molecule has 3 N–H and O–H groups in total. The molecule has 0 amide bonds. The van der Waals surface area contributed by atoms with Crippen LogP contribution in [0.15, 0.2) is 30.6 Å². The molecular weight excluding hydrogens is 400 g/mol. The quantitative estimate of drug-likeness (QED) is 0.638. The van der Waals surface area contributed by atoms with Crippen LogP contribution in [0.1, 0.15) is 41.9 Å². The van der Waals surface area contributed by atoms with E-state index in [1.54, 1.807) is 6.33 Å². The van der Waals surface area contributed by atoms with E-state index < -0.39 is 0 Å². The van der Waals surface area contributed by atoms with E-state index in [4.69, 9.17) is 10.7 Å². The molecule has 0 bridgehead atoms. The summed E-state index contributed by atoms with van der Waals surface area (Å²) >= 11 is 0. The number of aromatic nitrogens is 4. The number of aryl methyl sites for hydroxylation is 1. The molecule has 168 valence electrons. The number of benzene rings is 1. The monoisotopic (exact) mass is 432 g/mol. The van der Waals surface area contributed by atoms with Gasteiger partial charge in [-0.15, -0.1) is 0 Å². The number of nitrogens with two attached hydrogens (primary N) is 1. The number of imidazole rings is 1. The predicted molar refractivity (Wildman–Crippen MR) is 128 cm³/mol. The topological polar surface area (TPSA) is 90.2 Å². The number of likely N-dealkylation sites (tertiary alicyclic amines) is 1. The highest BCUT2D eigenvalue weighted by atomic mass is 15.3. The molecule has 2 aliphatic heterocycles. The number of nitrogen functional groups attached to an aromatic ring is 1. The summed E-state index contributed by atoms with van der Waals surface area (Å²) in [5, 5.41) is 0. The molecule has 8 heteroatoms. The van der Waals surface area contributed by atoms with Crippen molar-refractivity contribution >= 4 is 23.1 Å².